The maximum Gasteiger partial charge on any atom is 0.247 e. The van der Waals surface area contributed by atoms with Crippen molar-refractivity contribution in [1.82, 2.24) is 4.31 Å². The van der Waals surface area contributed by atoms with Crippen LogP contribution in [0.2, 0.25) is 5.02 Å². The van der Waals surface area contributed by atoms with Gasteiger partial charge in [0.2, 0.25) is 10.0 Å². The summed E-state index contributed by atoms with van der Waals surface area (Å²) in [6, 6.07) is 12.0. The predicted octanol–water partition coefficient (Wildman–Crippen LogP) is 4.66. The third-order valence-corrected chi connectivity index (χ3v) is 7.10. The Morgan fingerprint density at radius 2 is 1.74 bits per heavy atom. The summed E-state index contributed by atoms with van der Waals surface area (Å²) < 4.78 is 39.4. The molecule has 1 fully saturated rings. The SMILES string of the molecule is COc1ccc(OC)c(S(=O)(=O)N2CCCCC[C@H]2c2ccc(Cl)cc2)c1. The first-order valence-corrected chi connectivity index (χ1v) is 10.8. The van der Waals surface area contributed by atoms with Gasteiger partial charge in [0.05, 0.1) is 20.3 Å². The quantitative estimate of drug-likeness (QED) is 0.720. The van der Waals surface area contributed by atoms with Gasteiger partial charge in [-0.1, -0.05) is 36.6 Å². The van der Waals surface area contributed by atoms with Crippen molar-refractivity contribution < 1.29 is 17.9 Å². The van der Waals surface area contributed by atoms with E-state index in [1.807, 2.05) is 12.1 Å². The molecule has 3 rings (SSSR count). The van der Waals surface area contributed by atoms with Gasteiger partial charge in [0.15, 0.2) is 0 Å². The van der Waals surface area contributed by atoms with Crippen molar-refractivity contribution in [2.75, 3.05) is 20.8 Å². The van der Waals surface area contributed by atoms with E-state index < -0.39 is 10.0 Å². The van der Waals surface area contributed by atoms with Crippen molar-refractivity contribution in [1.29, 1.82) is 0 Å². The van der Waals surface area contributed by atoms with Crippen LogP contribution in [0, 0.1) is 0 Å². The second kappa shape index (κ2) is 8.50. The largest absolute Gasteiger partial charge is 0.497 e. The zero-order valence-corrected chi connectivity index (χ0v) is 17.1. The van der Waals surface area contributed by atoms with Crippen LogP contribution in [0.25, 0.3) is 0 Å². The normalized spacial score (nSPS) is 18.7. The highest BCUT2D eigenvalue weighted by molar-refractivity contribution is 7.89. The van der Waals surface area contributed by atoms with Crippen molar-refractivity contribution in [2.24, 2.45) is 0 Å². The van der Waals surface area contributed by atoms with Crippen molar-refractivity contribution >= 4 is 21.6 Å². The molecule has 2 aromatic carbocycles. The van der Waals surface area contributed by atoms with Gasteiger partial charge in [-0.15, -0.1) is 0 Å². The van der Waals surface area contributed by atoms with Gasteiger partial charge < -0.3 is 9.47 Å². The molecule has 0 spiro atoms. The zero-order valence-electron chi connectivity index (χ0n) is 15.5. The number of nitrogens with zero attached hydrogens (tertiary/aromatic N) is 1. The lowest BCUT2D eigenvalue weighted by atomic mass is 10.0. The van der Waals surface area contributed by atoms with Crippen LogP contribution in [-0.2, 0) is 10.0 Å². The number of hydrogen-bond donors (Lipinski definition) is 0. The summed E-state index contributed by atoms with van der Waals surface area (Å²) >= 11 is 6.02. The average Bonchev–Trinajstić information content (AvgIpc) is 2.94. The number of benzene rings is 2. The van der Waals surface area contributed by atoms with Crippen LogP contribution < -0.4 is 9.47 Å². The van der Waals surface area contributed by atoms with E-state index >= 15 is 0 Å². The number of methoxy groups -OCH3 is 2. The maximum atomic E-state index is 13.6. The molecule has 0 N–H and O–H groups in total. The monoisotopic (exact) mass is 409 g/mol. The Bertz CT molecular complexity index is 883. The first kappa shape index (κ1) is 20.0. The third kappa shape index (κ3) is 4.23. The van der Waals surface area contributed by atoms with Crippen molar-refractivity contribution in [2.45, 2.75) is 36.6 Å². The summed E-state index contributed by atoms with van der Waals surface area (Å²) in [6.45, 7) is 0.468. The minimum absolute atomic E-state index is 0.130. The van der Waals surface area contributed by atoms with Crippen LogP contribution in [-0.4, -0.2) is 33.5 Å². The van der Waals surface area contributed by atoms with Gasteiger partial charge in [0.25, 0.3) is 0 Å². The molecule has 0 amide bonds. The Balaban J connectivity index is 2.08. The van der Waals surface area contributed by atoms with Gasteiger partial charge in [-0.2, -0.15) is 4.31 Å². The first-order chi connectivity index (χ1) is 13.0. The fourth-order valence-electron chi connectivity index (χ4n) is 3.50. The molecule has 0 radical (unpaired) electrons. The smallest absolute Gasteiger partial charge is 0.247 e. The molecular formula is C20H24ClNO4S. The zero-order chi connectivity index (χ0) is 19.4. The van der Waals surface area contributed by atoms with E-state index in [2.05, 4.69) is 0 Å². The summed E-state index contributed by atoms with van der Waals surface area (Å²) in [7, 11) is -0.786. The average molecular weight is 410 g/mol. The lowest BCUT2D eigenvalue weighted by molar-refractivity contribution is 0.325. The highest BCUT2D eigenvalue weighted by Gasteiger charge is 2.35. The molecule has 0 aliphatic carbocycles. The molecule has 2 aromatic rings. The molecule has 1 heterocycles. The molecule has 0 bridgehead atoms. The molecule has 0 saturated carbocycles. The second-order valence-electron chi connectivity index (χ2n) is 6.55. The van der Waals surface area contributed by atoms with Gasteiger partial charge in [0.1, 0.15) is 16.4 Å². The Kier molecular flexibility index (Phi) is 6.29. The fourth-order valence-corrected chi connectivity index (χ4v) is 5.48. The topological polar surface area (TPSA) is 55.8 Å². The molecule has 1 aliphatic heterocycles. The van der Waals surface area contributed by atoms with Crippen LogP contribution >= 0.6 is 11.6 Å². The van der Waals surface area contributed by atoms with Gasteiger partial charge in [-0.3, -0.25) is 0 Å². The number of halogens is 1. The summed E-state index contributed by atoms with van der Waals surface area (Å²) in [5, 5.41) is 0.635. The summed E-state index contributed by atoms with van der Waals surface area (Å²) in [5.74, 6) is 0.794. The van der Waals surface area contributed by atoms with Crippen LogP contribution in [0.1, 0.15) is 37.3 Å². The summed E-state index contributed by atoms with van der Waals surface area (Å²) in [5.41, 5.74) is 0.951. The van der Waals surface area contributed by atoms with Crippen LogP contribution in [0.4, 0.5) is 0 Å². The fraction of sp³-hybridized carbons (Fsp3) is 0.400. The highest BCUT2D eigenvalue weighted by Crippen LogP contribution is 2.38. The lowest BCUT2D eigenvalue weighted by Crippen LogP contribution is -2.35. The molecule has 0 aromatic heterocycles. The Hall–Kier alpha value is -1.76. The third-order valence-electron chi connectivity index (χ3n) is 4.92. The van der Waals surface area contributed by atoms with Gasteiger partial charge >= 0.3 is 0 Å². The molecule has 1 aliphatic rings. The number of rotatable bonds is 5. The maximum absolute atomic E-state index is 13.6. The van der Waals surface area contributed by atoms with Crippen molar-refractivity contribution in [3.8, 4) is 11.5 Å². The van der Waals surface area contributed by atoms with Gasteiger partial charge in [-0.25, -0.2) is 8.42 Å². The molecule has 1 atom stereocenters. The van der Waals surface area contributed by atoms with E-state index in [9.17, 15) is 8.42 Å². The van der Waals surface area contributed by atoms with E-state index in [0.717, 1.165) is 31.2 Å². The Morgan fingerprint density at radius 3 is 2.41 bits per heavy atom. The molecule has 146 valence electrons. The Labute approximate surface area is 165 Å². The van der Waals surface area contributed by atoms with Crippen molar-refractivity contribution in [3.63, 3.8) is 0 Å². The van der Waals surface area contributed by atoms with E-state index in [4.69, 9.17) is 21.1 Å². The summed E-state index contributed by atoms with van der Waals surface area (Å²) in [6.07, 6.45) is 3.59. The van der Waals surface area contributed by atoms with Gasteiger partial charge in [0, 0.05) is 17.6 Å². The standard InChI is InChI=1S/C20H24ClNO4S/c1-25-17-11-12-19(26-2)20(14-17)27(23,24)22-13-5-3-4-6-18(22)15-7-9-16(21)10-8-15/h7-12,14,18H,3-6,13H2,1-2H3/t18-/m0/s1. The van der Waals surface area contributed by atoms with Crippen LogP contribution in [0.15, 0.2) is 47.4 Å². The number of sulfonamides is 1. The highest BCUT2D eigenvalue weighted by atomic mass is 35.5. The van der Waals surface area contributed by atoms with E-state index in [1.165, 1.54) is 20.3 Å². The second-order valence-corrected chi connectivity index (χ2v) is 8.84. The molecule has 1 saturated heterocycles. The molecule has 0 unspecified atom stereocenters. The molecule has 7 heteroatoms. The first-order valence-electron chi connectivity index (χ1n) is 8.96. The lowest BCUT2D eigenvalue weighted by Gasteiger charge is -2.30. The molecular weight excluding hydrogens is 386 g/mol. The Morgan fingerprint density at radius 1 is 1.00 bits per heavy atom. The van der Waals surface area contributed by atoms with Gasteiger partial charge in [-0.05, 0) is 42.7 Å². The number of hydrogen-bond acceptors (Lipinski definition) is 4. The molecule has 27 heavy (non-hydrogen) atoms. The van der Waals surface area contributed by atoms with Crippen LogP contribution in [0.5, 0.6) is 11.5 Å². The summed E-state index contributed by atoms with van der Waals surface area (Å²) in [4.78, 5) is 0.130. The number of ether oxygens (including phenoxy) is 2. The molecule has 5 nitrogen and oxygen atoms in total. The van der Waals surface area contributed by atoms with E-state index in [0.29, 0.717) is 23.1 Å². The minimum atomic E-state index is -3.77. The van der Waals surface area contributed by atoms with E-state index in [1.54, 1.807) is 28.6 Å². The van der Waals surface area contributed by atoms with Crippen LogP contribution in [0.3, 0.4) is 0 Å². The van der Waals surface area contributed by atoms with Crippen molar-refractivity contribution in [3.05, 3.63) is 53.1 Å². The minimum Gasteiger partial charge on any atom is -0.497 e. The van der Waals surface area contributed by atoms with E-state index in [-0.39, 0.29) is 10.9 Å². The predicted molar refractivity (Wildman–Crippen MR) is 106 cm³/mol.